The van der Waals surface area contributed by atoms with Gasteiger partial charge >= 0.3 is 11.9 Å². The van der Waals surface area contributed by atoms with Crippen LogP contribution in [0.5, 0.6) is 0 Å². The molecular formula is C14H25N5O7. The van der Waals surface area contributed by atoms with Gasteiger partial charge in [0.25, 0.3) is 0 Å². The molecule has 0 aromatic heterocycles. The Balaban J connectivity index is 4.13. The summed E-state index contributed by atoms with van der Waals surface area (Å²) in [5.74, 6) is -4.99. The average molecular weight is 375 g/mol. The zero-order chi connectivity index (χ0) is 20.1. The van der Waals surface area contributed by atoms with Crippen molar-refractivity contribution in [1.82, 2.24) is 16.0 Å². The van der Waals surface area contributed by atoms with E-state index in [1.165, 1.54) is 0 Å². The molecule has 3 amide bonds. The van der Waals surface area contributed by atoms with Crippen LogP contribution in [0.4, 0.5) is 0 Å². The van der Waals surface area contributed by atoms with Crippen LogP contribution in [-0.4, -0.2) is 71.6 Å². The first-order valence-corrected chi connectivity index (χ1v) is 7.91. The number of carbonyl (C=O) groups excluding carboxylic acids is 3. The van der Waals surface area contributed by atoms with Crippen LogP contribution in [0.1, 0.15) is 25.7 Å². The summed E-state index contributed by atoms with van der Waals surface area (Å²) < 4.78 is 0. The molecule has 0 rings (SSSR count). The van der Waals surface area contributed by atoms with Crippen LogP contribution in [-0.2, 0) is 24.0 Å². The number of rotatable bonds is 13. The van der Waals surface area contributed by atoms with Crippen molar-refractivity contribution in [3.05, 3.63) is 0 Å². The van der Waals surface area contributed by atoms with Crippen LogP contribution in [0.3, 0.4) is 0 Å². The Morgan fingerprint density at radius 1 is 0.923 bits per heavy atom. The predicted octanol–water partition coefficient (Wildman–Crippen LogP) is -3.28. The Morgan fingerprint density at radius 3 is 2.08 bits per heavy atom. The third-order valence-electron chi connectivity index (χ3n) is 3.19. The number of hydrogen-bond acceptors (Lipinski definition) is 7. The molecule has 0 bridgehead atoms. The lowest BCUT2D eigenvalue weighted by atomic mass is 10.1. The molecule has 0 aliphatic carbocycles. The molecule has 12 heteroatoms. The van der Waals surface area contributed by atoms with E-state index in [2.05, 4.69) is 10.6 Å². The van der Waals surface area contributed by atoms with Gasteiger partial charge < -0.3 is 37.6 Å². The maximum absolute atomic E-state index is 11.7. The maximum atomic E-state index is 11.7. The van der Waals surface area contributed by atoms with Crippen LogP contribution < -0.4 is 27.4 Å². The first kappa shape index (κ1) is 23.3. The van der Waals surface area contributed by atoms with E-state index >= 15 is 0 Å². The molecule has 0 aliphatic heterocycles. The minimum atomic E-state index is -1.61. The Morgan fingerprint density at radius 2 is 1.54 bits per heavy atom. The normalized spacial score (nSPS) is 12.5. The molecular weight excluding hydrogens is 350 g/mol. The number of unbranched alkanes of at least 4 members (excludes halogenated alkanes) is 1. The number of carboxylic acid groups (broad SMARTS) is 2. The van der Waals surface area contributed by atoms with E-state index in [1.807, 2.05) is 5.32 Å². The van der Waals surface area contributed by atoms with Gasteiger partial charge in [0, 0.05) is 0 Å². The Labute approximate surface area is 149 Å². The fourth-order valence-corrected chi connectivity index (χ4v) is 1.80. The van der Waals surface area contributed by atoms with Gasteiger partial charge in [0.1, 0.15) is 6.04 Å². The monoisotopic (exact) mass is 375 g/mol. The van der Waals surface area contributed by atoms with Gasteiger partial charge in [-0.15, -0.1) is 0 Å². The average Bonchev–Trinajstić information content (AvgIpc) is 2.56. The lowest BCUT2D eigenvalue weighted by Crippen LogP contribution is -2.49. The van der Waals surface area contributed by atoms with Gasteiger partial charge in [0.05, 0.1) is 25.6 Å². The van der Waals surface area contributed by atoms with Crippen LogP contribution in [0.25, 0.3) is 0 Å². The third kappa shape index (κ3) is 10.9. The molecule has 0 fully saturated rings. The molecule has 0 aromatic carbocycles. The Kier molecular flexibility index (Phi) is 11.3. The van der Waals surface area contributed by atoms with E-state index in [9.17, 15) is 24.0 Å². The van der Waals surface area contributed by atoms with E-state index < -0.39 is 61.3 Å². The van der Waals surface area contributed by atoms with Crippen molar-refractivity contribution in [2.75, 3.05) is 19.6 Å². The highest BCUT2D eigenvalue weighted by atomic mass is 16.4. The third-order valence-corrected chi connectivity index (χ3v) is 3.19. The number of aliphatic carboxylic acids is 2. The first-order valence-electron chi connectivity index (χ1n) is 7.91. The number of nitrogens with two attached hydrogens (primary N) is 2. The van der Waals surface area contributed by atoms with Crippen LogP contribution in [0, 0.1) is 0 Å². The summed E-state index contributed by atoms with van der Waals surface area (Å²) in [6.45, 7) is -0.483. The molecule has 9 N–H and O–H groups in total. The highest BCUT2D eigenvalue weighted by Crippen LogP contribution is 1.97. The zero-order valence-corrected chi connectivity index (χ0v) is 14.2. The molecule has 2 unspecified atom stereocenters. The smallest absolute Gasteiger partial charge is 0.326 e. The van der Waals surface area contributed by atoms with Gasteiger partial charge in [-0.2, -0.15) is 0 Å². The van der Waals surface area contributed by atoms with E-state index in [4.69, 9.17) is 21.7 Å². The molecule has 0 heterocycles. The van der Waals surface area contributed by atoms with Crippen molar-refractivity contribution in [2.24, 2.45) is 11.5 Å². The molecule has 0 saturated heterocycles. The second-order valence-electron chi connectivity index (χ2n) is 5.44. The van der Waals surface area contributed by atoms with E-state index in [-0.39, 0.29) is 0 Å². The summed E-state index contributed by atoms with van der Waals surface area (Å²) in [4.78, 5) is 56.1. The van der Waals surface area contributed by atoms with Crippen molar-refractivity contribution in [2.45, 2.75) is 37.8 Å². The summed E-state index contributed by atoms with van der Waals surface area (Å²) in [7, 11) is 0. The van der Waals surface area contributed by atoms with Gasteiger partial charge in [-0.1, -0.05) is 6.42 Å². The summed E-state index contributed by atoms with van der Waals surface area (Å²) in [5.41, 5.74) is 11.0. The minimum absolute atomic E-state index is 0.409. The van der Waals surface area contributed by atoms with Gasteiger partial charge in [0.2, 0.25) is 17.7 Å². The van der Waals surface area contributed by atoms with Crippen LogP contribution >= 0.6 is 0 Å². The number of amides is 3. The van der Waals surface area contributed by atoms with Crippen molar-refractivity contribution in [1.29, 1.82) is 0 Å². The van der Waals surface area contributed by atoms with Crippen LogP contribution in [0.15, 0.2) is 0 Å². The maximum Gasteiger partial charge on any atom is 0.326 e. The number of hydrogen-bond donors (Lipinski definition) is 7. The van der Waals surface area contributed by atoms with Gasteiger partial charge in [0.15, 0.2) is 0 Å². The first-order chi connectivity index (χ1) is 12.2. The zero-order valence-electron chi connectivity index (χ0n) is 14.2. The van der Waals surface area contributed by atoms with Gasteiger partial charge in [-0.05, 0) is 19.4 Å². The van der Waals surface area contributed by atoms with Gasteiger partial charge in [-0.3, -0.25) is 19.2 Å². The molecule has 0 saturated carbocycles. The summed E-state index contributed by atoms with van der Waals surface area (Å²) in [6, 6.07) is -2.38. The quantitative estimate of drug-likeness (QED) is 0.160. The second-order valence-corrected chi connectivity index (χ2v) is 5.44. The van der Waals surface area contributed by atoms with E-state index in [0.29, 0.717) is 19.4 Å². The van der Waals surface area contributed by atoms with Crippen molar-refractivity contribution < 1.29 is 34.2 Å². The number of carbonyl (C=O) groups is 5. The predicted molar refractivity (Wildman–Crippen MR) is 88.7 cm³/mol. The Bertz CT molecular complexity index is 526. The number of nitrogens with one attached hydrogen (secondary N) is 3. The Hall–Kier alpha value is -2.73. The molecule has 0 aliphatic rings. The number of carboxylic acids is 2. The lowest BCUT2D eigenvalue weighted by molar-refractivity contribution is -0.147. The fraction of sp³-hybridized carbons (Fsp3) is 0.643. The highest BCUT2D eigenvalue weighted by molar-refractivity contribution is 5.91. The summed E-state index contributed by atoms with van der Waals surface area (Å²) in [6.07, 6.45) is 1.04. The van der Waals surface area contributed by atoms with Crippen LogP contribution in [0.2, 0.25) is 0 Å². The molecule has 26 heavy (non-hydrogen) atoms. The molecule has 0 aromatic rings. The van der Waals surface area contributed by atoms with Crippen molar-refractivity contribution in [3.63, 3.8) is 0 Å². The van der Waals surface area contributed by atoms with E-state index in [1.54, 1.807) is 0 Å². The molecule has 0 spiro atoms. The molecule has 148 valence electrons. The van der Waals surface area contributed by atoms with Crippen molar-refractivity contribution in [3.8, 4) is 0 Å². The van der Waals surface area contributed by atoms with E-state index in [0.717, 1.165) is 6.42 Å². The second kappa shape index (κ2) is 12.6. The topological polar surface area (TPSA) is 214 Å². The molecule has 0 radical (unpaired) electrons. The largest absolute Gasteiger partial charge is 0.481 e. The summed E-state index contributed by atoms with van der Waals surface area (Å²) in [5, 5.41) is 23.8. The van der Waals surface area contributed by atoms with Gasteiger partial charge in [-0.25, -0.2) is 4.79 Å². The fourth-order valence-electron chi connectivity index (χ4n) is 1.80. The van der Waals surface area contributed by atoms with Crippen molar-refractivity contribution >= 4 is 29.7 Å². The highest BCUT2D eigenvalue weighted by Gasteiger charge is 2.23. The SMILES string of the molecule is NCCCCC(N)C(=O)NCC(=O)NCC(=O)NC(CC(=O)O)C(=O)O. The standard InChI is InChI=1S/C14H25N5O7/c15-4-2-1-3-8(16)13(24)18-6-10(20)17-7-11(21)19-9(14(25)26)5-12(22)23/h8-9H,1-7,15-16H2,(H,17,20)(H,18,24)(H,19,21)(H,22,23)(H,25,26). The lowest BCUT2D eigenvalue weighted by Gasteiger charge is -2.14. The molecule has 2 atom stereocenters. The summed E-state index contributed by atoms with van der Waals surface area (Å²) >= 11 is 0. The molecule has 12 nitrogen and oxygen atoms in total. The minimum Gasteiger partial charge on any atom is -0.481 e.